The van der Waals surface area contributed by atoms with Crippen LogP contribution in [0.15, 0.2) is 71.6 Å². The van der Waals surface area contributed by atoms with Crippen molar-refractivity contribution in [3.8, 4) is 5.75 Å². The van der Waals surface area contributed by atoms with Crippen molar-refractivity contribution >= 4 is 38.9 Å². The summed E-state index contributed by atoms with van der Waals surface area (Å²) in [5, 5.41) is 3.31. The molecular formula is C22H19ClN2O4S. The summed E-state index contributed by atoms with van der Waals surface area (Å²) in [5.41, 5.74) is 2.52. The van der Waals surface area contributed by atoms with E-state index in [1.165, 1.54) is 16.4 Å². The Morgan fingerprint density at radius 1 is 1.03 bits per heavy atom. The van der Waals surface area contributed by atoms with Crippen LogP contribution in [0.2, 0.25) is 5.02 Å². The van der Waals surface area contributed by atoms with Gasteiger partial charge in [-0.25, -0.2) is 8.42 Å². The maximum Gasteiger partial charge on any atom is 0.264 e. The number of anilines is 2. The van der Waals surface area contributed by atoms with Crippen molar-refractivity contribution in [1.29, 1.82) is 0 Å². The molecule has 0 unspecified atom stereocenters. The van der Waals surface area contributed by atoms with Crippen molar-refractivity contribution in [2.75, 3.05) is 23.3 Å². The zero-order valence-electron chi connectivity index (χ0n) is 16.1. The van der Waals surface area contributed by atoms with Gasteiger partial charge in [-0.05, 0) is 78.7 Å². The normalized spacial score (nSPS) is 13.1. The van der Waals surface area contributed by atoms with E-state index in [4.69, 9.17) is 16.3 Å². The molecule has 0 saturated carbocycles. The standard InChI is InChI=1S/C22H19ClN2O4S/c1-29-19-7-5-18(6-8-19)24-22(26)16-2-11-21-15(14-16)12-13-25(21)30(27,28)20-9-3-17(23)4-10-20/h2-11,14H,12-13H2,1H3,(H,24,26). The van der Waals surface area contributed by atoms with E-state index < -0.39 is 10.0 Å². The van der Waals surface area contributed by atoms with E-state index in [2.05, 4.69) is 5.32 Å². The summed E-state index contributed by atoms with van der Waals surface area (Å²) in [6.07, 6.45) is 0.534. The first kappa shape index (κ1) is 20.3. The average molecular weight is 443 g/mol. The summed E-state index contributed by atoms with van der Waals surface area (Å²) in [4.78, 5) is 12.8. The fraction of sp³-hybridized carbons (Fsp3) is 0.136. The fourth-order valence-electron chi connectivity index (χ4n) is 3.37. The van der Waals surface area contributed by atoms with Gasteiger partial charge in [0.25, 0.3) is 15.9 Å². The van der Waals surface area contributed by atoms with Crippen molar-refractivity contribution in [3.63, 3.8) is 0 Å². The zero-order valence-corrected chi connectivity index (χ0v) is 17.7. The number of sulfonamides is 1. The molecule has 3 aromatic rings. The van der Waals surface area contributed by atoms with Gasteiger partial charge in [0.05, 0.1) is 17.7 Å². The Bertz CT molecular complexity index is 1190. The van der Waals surface area contributed by atoms with Crippen molar-refractivity contribution in [3.05, 3.63) is 82.9 Å². The number of amides is 1. The molecule has 1 amide bonds. The first-order valence-corrected chi connectivity index (χ1v) is 11.1. The maximum absolute atomic E-state index is 13.0. The molecule has 0 bridgehead atoms. The number of ether oxygens (including phenoxy) is 1. The minimum atomic E-state index is -3.69. The largest absolute Gasteiger partial charge is 0.497 e. The molecule has 3 aromatic carbocycles. The van der Waals surface area contributed by atoms with E-state index in [0.29, 0.717) is 40.7 Å². The van der Waals surface area contributed by atoms with Crippen molar-refractivity contribution in [2.24, 2.45) is 0 Å². The van der Waals surface area contributed by atoms with Crippen LogP contribution < -0.4 is 14.4 Å². The lowest BCUT2D eigenvalue weighted by Crippen LogP contribution is -2.29. The molecule has 4 rings (SSSR count). The van der Waals surface area contributed by atoms with Crippen LogP contribution in [0.4, 0.5) is 11.4 Å². The molecule has 1 heterocycles. The molecule has 0 aliphatic carbocycles. The van der Waals surface area contributed by atoms with Crippen LogP contribution >= 0.6 is 11.6 Å². The topological polar surface area (TPSA) is 75.7 Å². The Labute approximate surface area is 180 Å². The van der Waals surface area contributed by atoms with E-state index in [0.717, 1.165) is 5.56 Å². The van der Waals surface area contributed by atoms with Gasteiger partial charge in [0.1, 0.15) is 5.75 Å². The van der Waals surface area contributed by atoms with E-state index in [9.17, 15) is 13.2 Å². The molecule has 8 heteroatoms. The number of carbonyl (C=O) groups is 1. The molecule has 6 nitrogen and oxygen atoms in total. The highest BCUT2D eigenvalue weighted by Gasteiger charge is 2.31. The van der Waals surface area contributed by atoms with Crippen LogP contribution in [0.3, 0.4) is 0 Å². The molecule has 0 spiro atoms. The fourth-order valence-corrected chi connectivity index (χ4v) is 5.00. The molecule has 1 aliphatic rings. The second-order valence-electron chi connectivity index (χ2n) is 6.81. The Hall–Kier alpha value is -3.03. The number of nitrogens with zero attached hydrogens (tertiary/aromatic N) is 1. The van der Waals surface area contributed by atoms with Gasteiger partial charge in [0.2, 0.25) is 0 Å². The summed E-state index contributed by atoms with van der Waals surface area (Å²) in [5.74, 6) is 0.439. The van der Waals surface area contributed by atoms with Crippen molar-refractivity contribution < 1.29 is 17.9 Å². The van der Waals surface area contributed by atoms with Crippen LogP contribution in [0.25, 0.3) is 0 Å². The third-order valence-electron chi connectivity index (χ3n) is 4.94. The van der Waals surface area contributed by atoms with Gasteiger partial charge in [-0.1, -0.05) is 11.6 Å². The van der Waals surface area contributed by atoms with Crippen LogP contribution in [0.1, 0.15) is 15.9 Å². The number of rotatable bonds is 5. The highest BCUT2D eigenvalue weighted by molar-refractivity contribution is 7.92. The summed E-state index contributed by atoms with van der Waals surface area (Å²) < 4.78 is 32.5. The van der Waals surface area contributed by atoms with Gasteiger partial charge in [-0.3, -0.25) is 9.10 Å². The lowest BCUT2D eigenvalue weighted by atomic mass is 10.1. The average Bonchev–Trinajstić information content (AvgIpc) is 3.18. The van der Waals surface area contributed by atoms with Gasteiger partial charge in [0, 0.05) is 22.8 Å². The van der Waals surface area contributed by atoms with Crippen molar-refractivity contribution in [2.45, 2.75) is 11.3 Å². The number of hydrogen-bond acceptors (Lipinski definition) is 4. The molecule has 0 aromatic heterocycles. The van der Waals surface area contributed by atoms with E-state index >= 15 is 0 Å². The molecule has 0 atom stereocenters. The van der Waals surface area contributed by atoms with Gasteiger partial charge in [-0.15, -0.1) is 0 Å². The minimum absolute atomic E-state index is 0.182. The predicted octanol–water partition coefficient (Wildman–Crippen LogP) is 4.35. The number of hydrogen-bond donors (Lipinski definition) is 1. The van der Waals surface area contributed by atoms with Gasteiger partial charge >= 0.3 is 0 Å². The van der Waals surface area contributed by atoms with Crippen LogP contribution in [0, 0.1) is 0 Å². The quantitative estimate of drug-likeness (QED) is 0.637. The van der Waals surface area contributed by atoms with Crippen LogP contribution in [-0.4, -0.2) is 28.0 Å². The maximum atomic E-state index is 13.0. The Kier molecular flexibility index (Phi) is 5.40. The second kappa shape index (κ2) is 8.01. The minimum Gasteiger partial charge on any atom is -0.497 e. The second-order valence-corrected chi connectivity index (χ2v) is 9.11. The van der Waals surface area contributed by atoms with E-state index in [-0.39, 0.29) is 10.8 Å². The predicted molar refractivity (Wildman–Crippen MR) is 117 cm³/mol. The lowest BCUT2D eigenvalue weighted by Gasteiger charge is -2.19. The van der Waals surface area contributed by atoms with E-state index in [1.807, 2.05) is 0 Å². The molecule has 0 saturated heterocycles. The summed E-state index contributed by atoms with van der Waals surface area (Å²) >= 11 is 5.87. The lowest BCUT2D eigenvalue weighted by molar-refractivity contribution is 0.102. The molecule has 0 radical (unpaired) electrons. The number of fused-ring (bicyclic) bond motifs is 1. The molecule has 0 fully saturated rings. The van der Waals surface area contributed by atoms with Crippen LogP contribution in [-0.2, 0) is 16.4 Å². The van der Waals surface area contributed by atoms with Crippen LogP contribution in [0.5, 0.6) is 5.75 Å². The third-order valence-corrected chi connectivity index (χ3v) is 7.02. The number of nitrogens with one attached hydrogen (secondary N) is 1. The molecule has 154 valence electrons. The van der Waals surface area contributed by atoms with Crippen molar-refractivity contribution in [1.82, 2.24) is 0 Å². The van der Waals surface area contributed by atoms with Gasteiger partial charge in [0.15, 0.2) is 0 Å². The number of benzene rings is 3. The highest BCUT2D eigenvalue weighted by Crippen LogP contribution is 2.34. The SMILES string of the molecule is COc1ccc(NC(=O)c2ccc3c(c2)CCN3S(=O)(=O)c2ccc(Cl)cc2)cc1. The first-order valence-electron chi connectivity index (χ1n) is 9.25. The Morgan fingerprint density at radius 2 is 1.73 bits per heavy atom. The molecule has 1 N–H and O–H groups in total. The monoisotopic (exact) mass is 442 g/mol. The van der Waals surface area contributed by atoms with Gasteiger partial charge in [-0.2, -0.15) is 0 Å². The smallest absolute Gasteiger partial charge is 0.264 e. The number of methoxy groups -OCH3 is 1. The van der Waals surface area contributed by atoms with E-state index in [1.54, 1.807) is 61.7 Å². The number of halogens is 1. The third kappa shape index (κ3) is 3.86. The summed E-state index contributed by atoms with van der Waals surface area (Å²) in [6, 6.07) is 18.2. The Morgan fingerprint density at radius 3 is 2.40 bits per heavy atom. The molecule has 30 heavy (non-hydrogen) atoms. The summed E-state index contributed by atoms with van der Waals surface area (Å²) in [7, 11) is -2.12. The Balaban J connectivity index is 1.55. The first-order chi connectivity index (χ1) is 14.4. The van der Waals surface area contributed by atoms with Gasteiger partial charge < -0.3 is 10.1 Å². The molecular weight excluding hydrogens is 424 g/mol. The number of carbonyl (C=O) groups excluding carboxylic acids is 1. The summed E-state index contributed by atoms with van der Waals surface area (Å²) in [6.45, 7) is 0.323. The zero-order chi connectivity index (χ0) is 21.3. The highest BCUT2D eigenvalue weighted by atomic mass is 35.5. The molecule has 1 aliphatic heterocycles.